The van der Waals surface area contributed by atoms with Crippen LogP contribution in [0.25, 0.3) is 6.08 Å². The van der Waals surface area contributed by atoms with Gasteiger partial charge in [-0.2, -0.15) is 5.26 Å². The molecule has 3 aromatic carbocycles. The van der Waals surface area contributed by atoms with Gasteiger partial charge in [0.15, 0.2) is 0 Å². The van der Waals surface area contributed by atoms with Crippen molar-refractivity contribution in [3.63, 3.8) is 0 Å². The van der Waals surface area contributed by atoms with Crippen LogP contribution in [0.3, 0.4) is 0 Å². The van der Waals surface area contributed by atoms with Crippen molar-refractivity contribution in [3.05, 3.63) is 95.1 Å². The Bertz CT molecular complexity index is 1060. The lowest BCUT2D eigenvalue weighted by Crippen LogP contribution is -2.13. The first kappa shape index (κ1) is 20.7. The number of aryl methyl sites for hydroxylation is 1. The lowest BCUT2D eigenvalue weighted by atomic mass is 10.1. The highest BCUT2D eigenvalue weighted by molar-refractivity contribution is 6.09. The van der Waals surface area contributed by atoms with E-state index in [9.17, 15) is 10.1 Å². The molecule has 0 unspecified atom stereocenters. The van der Waals surface area contributed by atoms with E-state index in [0.717, 1.165) is 11.1 Å². The number of carbonyl (C=O) groups excluding carboxylic acids is 1. The van der Waals surface area contributed by atoms with Gasteiger partial charge in [-0.05, 0) is 60.5 Å². The molecule has 0 atom stereocenters. The second kappa shape index (κ2) is 9.94. The fourth-order valence-electron chi connectivity index (χ4n) is 2.70. The molecule has 0 aromatic heterocycles. The number of hydrogen-bond donors (Lipinski definition) is 1. The standard InChI is InChI=1S/C25H22N2O3/c1-18-3-5-20(6-4-18)17-30-24-13-9-22(10-14-24)27-25(28)21(16-26)15-19-7-11-23(29-2)12-8-19/h3-15H,17H2,1-2H3,(H,27,28)/b21-15+. The third-order valence-electron chi connectivity index (χ3n) is 4.43. The molecule has 0 heterocycles. The number of amides is 1. The van der Waals surface area contributed by atoms with E-state index < -0.39 is 5.91 Å². The van der Waals surface area contributed by atoms with E-state index in [4.69, 9.17) is 9.47 Å². The van der Waals surface area contributed by atoms with Crippen molar-refractivity contribution < 1.29 is 14.3 Å². The number of nitrogens with one attached hydrogen (secondary N) is 1. The smallest absolute Gasteiger partial charge is 0.266 e. The van der Waals surface area contributed by atoms with Gasteiger partial charge in [0.05, 0.1) is 7.11 Å². The Balaban J connectivity index is 1.60. The Morgan fingerprint density at radius 2 is 1.60 bits per heavy atom. The number of methoxy groups -OCH3 is 1. The maximum atomic E-state index is 12.4. The van der Waals surface area contributed by atoms with E-state index >= 15 is 0 Å². The first-order valence-electron chi connectivity index (χ1n) is 9.43. The molecule has 0 aliphatic carbocycles. The maximum Gasteiger partial charge on any atom is 0.266 e. The molecule has 1 amide bonds. The minimum Gasteiger partial charge on any atom is -0.497 e. The average molecular weight is 398 g/mol. The van der Waals surface area contributed by atoms with Crippen molar-refractivity contribution in [3.8, 4) is 17.6 Å². The number of carbonyl (C=O) groups is 1. The predicted octanol–water partition coefficient (Wildman–Crippen LogP) is 5.13. The van der Waals surface area contributed by atoms with Crippen LogP contribution in [-0.2, 0) is 11.4 Å². The third-order valence-corrected chi connectivity index (χ3v) is 4.43. The molecule has 3 aromatic rings. The molecule has 3 rings (SSSR count). The van der Waals surface area contributed by atoms with Crippen LogP contribution in [-0.4, -0.2) is 13.0 Å². The van der Waals surface area contributed by atoms with Crippen molar-refractivity contribution in [1.29, 1.82) is 5.26 Å². The Labute approximate surface area is 176 Å². The zero-order valence-corrected chi connectivity index (χ0v) is 16.9. The van der Waals surface area contributed by atoms with Crippen molar-refractivity contribution >= 4 is 17.7 Å². The summed E-state index contributed by atoms with van der Waals surface area (Å²) < 4.78 is 10.9. The molecule has 150 valence electrons. The molecular weight excluding hydrogens is 376 g/mol. The number of anilines is 1. The summed E-state index contributed by atoms with van der Waals surface area (Å²) in [6, 6.07) is 24.2. The van der Waals surface area contributed by atoms with Crippen LogP contribution < -0.4 is 14.8 Å². The van der Waals surface area contributed by atoms with Gasteiger partial charge in [0.1, 0.15) is 29.7 Å². The predicted molar refractivity (Wildman–Crippen MR) is 117 cm³/mol. The highest BCUT2D eigenvalue weighted by atomic mass is 16.5. The SMILES string of the molecule is COc1ccc(/C=C(\C#N)C(=O)Nc2ccc(OCc3ccc(C)cc3)cc2)cc1. The summed E-state index contributed by atoms with van der Waals surface area (Å²) in [6.07, 6.45) is 1.54. The minimum absolute atomic E-state index is 0.0138. The molecule has 5 heteroatoms. The normalized spacial score (nSPS) is 10.8. The number of hydrogen-bond acceptors (Lipinski definition) is 4. The summed E-state index contributed by atoms with van der Waals surface area (Å²) in [5.41, 5.74) is 3.62. The highest BCUT2D eigenvalue weighted by Crippen LogP contribution is 2.19. The Morgan fingerprint density at radius 1 is 0.967 bits per heavy atom. The zero-order chi connectivity index (χ0) is 21.3. The largest absolute Gasteiger partial charge is 0.497 e. The van der Waals surface area contributed by atoms with Crippen LogP contribution in [0.4, 0.5) is 5.69 Å². The van der Waals surface area contributed by atoms with Crippen molar-refractivity contribution in [2.24, 2.45) is 0 Å². The zero-order valence-electron chi connectivity index (χ0n) is 16.9. The van der Waals surface area contributed by atoms with Crippen LogP contribution >= 0.6 is 0 Å². The fourth-order valence-corrected chi connectivity index (χ4v) is 2.70. The lowest BCUT2D eigenvalue weighted by molar-refractivity contribution is -0.112. The van der Waals surface area contributed by atoms with E-state index in [1.54, 1.807) is 55.6 Å². The quantitative estimate of drug-likeness (QED) is 0.442. The molecular formula is C25H22N2O3. The van der Waals surface area contributed by atoms with E-state index in [0.29, 0.717) is 23.8 Å². The van der Waals surface area contributed by atoms with E-state index in [1.807, 2.05) is 37.3 Å². The molecule has 30 heavy (non-hydrogen) atoms. The van der Waals surface area contributed by atoms with Crippen LogP contribution in [0.2, 0.25) is 0 Å². The first-order chi connectivity index (χ1) is 14.6. The van der Waals surface area contributed by atoms with Gasteiger partial charge in [-0.15, -0.1) is 0 Å². The van der Waals surface area contributed by atoms with Crippen molar-refractivity contribution in [1.82, 2.24) is 0 Å². The molecule has 0 aliphatic heterocycles. The summed E-state index contributed by atoms with van der Waals surface area (Å²) in [4.78, 5) is 12.4. The summed E-state index contributed by atoms with van der Waals surface area (Å²) >= 11 is 0. The number of ether oxygens (including phenoxy) is 2. The van der Waals surface area contributed by atoms with Gasteiger partial charge in [-0.1, -0.05) is 42.0 Å². The van der Waals surface area contributed by atoms with Gasteiger partial charge < -0.3 is 14.8 Å². The van der Waals surface area contributed by atoms with Gasteiger partial charge >= 0.3 is 0 Å². The molecule has 0 saturated carbocycles. The topological polar surface area (TPSA) is 71.3 Å². The summed E-state index contributed by atoms with van der Waals surface area (Å²) in [5.74, 6) is 0.935. The van der Waals surface area contributed by atoms with Gasteiger partial charge in [0, 0.05) is 5.69 Å². The van der Waals surface area contributed by atoms with Gasteiger partial charge in [0.2, 0.25) is 0 Å². The molecule has 0 aliphatic rings. The third kappa shape index (κ3) is 5.73. The van der Waals surface area contributed by atoms with Crippen LogP contribution in [0.15, 0.2) is 78.4 Å². The van der Waals surface area contributed by atoms with E-state index in [-0.39, 0.29) is 5.57 Å². The molecule has 0 fully saturated rings. The van der Waals surface area contributed by atoms with Crippen LogP contribution in [0.1, 0.15) is 16.7 Å². The van der Waals surface area contributed by atoms with Crippen LogP contribution in [0, 0.1) is 18.3 Å². The fraction of sp³-hybridized carbons (Fsp3) is 0.120. The highest BCUT2D eigenvalue weighted by Gasteiger charge is 2.10. The molecule has 0 radical (unpaired) electrons. The number of nitriles is 1. The number of benzene rings is 3. The number of nitrogens with zero attached hydrogens (tertiary/aromatic N) is 1. The Morgan fingerprint density at radius 3 is 2.20 bits per heavy atom. The molecule has 1 N–H and O–H groups in total. The van der Waals surface area contributed by atoms with Crippen molar-refractivity contribution in [2.45, 2.75) is 13.5 Å². The molecule has 0 saturated heterocycles. The monoisotopic (exact) mass is 398 g/mol. The number of rotatable bonds is 7. The average Bonchev–Trinajstić information content (AvgIpc) is 2.78. The second-order valence-electron chi connectivity index (χ2n) is 6.70. The Kier molecular flexibility index (Phi) is 6.86. The minimum atomic E-state index is -0.471. The van der Waals surface area contributed by atoms with Gasteiger partial charge in [0.25, 0.3) is 5.91 Å². The summed E-state index contributed by atoms with van der Waals surface area (Å²) in [7, 11) is 1.58. The second-order valence-corrected chi connectivity index (χ2v) is 6.70. The van der Waals surface area contributed by atoms with Crippen LogP contribution in [0.5, 0.6) is 11.5 Å². The lowest BCUT2D eigenvalue weighted by Gasteiger charge is -2.09. The van der Waals surface area contributed by atoms with Crippen molar-refractivity contribution in [2.75, 3.05) is 12.4 Å². The van der Waals surface area contributed by atoms with Gasteiger partial charge in [-0.3, -0.25) is 4.79 Å². The molecule has 0 bridgehead atoms. The summed E-state index contributed by atoms with van der Waals surface area (Å²) in [6.45, 7) is 2.51. The molecule has 0 spiro atoms. The van der Waals surface area contributed by atoms with E-state index in [2.05, 4.69) is 5.32 Å². The van der Waals surface area contributed by atoms with Gasteiger partial charge in [-0.25, -0.2) is 0 Å². The summed E-state index contributed by atoms with van der Waals surface area (Å²) in [5, 5.41) is 12.1. The Hall–Kier alpha value is -4.04. The molecule has 5 nitrogen and oxygen atoms in total. The maximum absolute atomic E-state index is 12.4. The first-order valence-corrected chi connectivity index (χ1v) is 9.43. The van der Waals surface area contributed by atoms with E-state index in [1.165, 1.54) is 11.6 Å².